The number of amides is 1. The number of aromatic nitrogens is 2. The molecule has 1 amide bonds. The van der Waals surface area contributed by atoms with Gasteiger partial charge in [-0.1, -0.05) is 29.3 Å². The van der Waals surface area contributed by atoms with Crippen LogP contribution in [0.3, 0.4) is 0 Å². The molecule has 0 bridgehead atoms. The SMILES string of the molecule is CCOc1ccc(OCc2ccc(C(=O)Nc3cc(C)n(Cc4c(Cl)cccc4Cl)n3)o2)cc1. The lowest BCUT2D eigenvalue weighted by Gasteiger charge is -2.08. The third-order valence-corrected chi connectivity index (χ3v) is 5.70. The number of rotatable bonds is 9. The van der Waals surface area contributed by atoms with Crippen molar-refractivity contribution in [1.29, 1.82) is 0 Å². The average Bonchev–Trinajstić information content (AvgIpc) is 3.42. The Kier molecular flexibility index (Phi) is 7.45. The average molecular weight is 500 g/mol. The highest BCUT2D eigenvalue weighted by Gasteiger charge is 2.15. The van der Waals surface area contributed by atoms with Crippen LogP contribution >= 0.6 is 23.2 Å². The Morgan fingerprint density at radius 1 is 1.03 bits per heavy atom. The molecule has 0 aliphatic heterocycles. The summed E-state index contributed by atoms with van der Waals surface area (Å²) >= 11 is 12.5. The predicted octanol–water partition coefficient (Wildman–Crippen LogP) is 6.37. The Morgan fingerprint density at radius 3 is 2.38 bits per heavy atom. The van der Waals surface area contributed by atoms with Crippen LogP contribution in [0, 0.1) is 6.92 Å². The van der Waals surface area contributed by atoms with Crippen molar-refractivity contribution in [3.05, 3.63) is 93.5 Å². The number of nitrogens with zero attached hydrogens (tertiary/aromatic N) is 2. The van der Waals surface area contributed by atoms with Crippen molar-refractivity contribution in [1.82, 2.24) is 9.78 Å². The van der Waals surface area contributed by atoms with E-state index in [0.29, 0.717) is 40.5 Å². The number of anilines is 1. The van der Waals surface area contributed by atoms with E-state index in [1.165, 1.54) is 0 Å². The second-order valence-corrected chi connectivity index (χ2v) is 8.26. The van der Waals surface area contributed by atoms with Crippen molar-refractivity contribution in [2.75, 3.05) is 11.9 Å². The Morgan fingerprint density at radius 2 is 1.71 bits per heavy atom. The summed E-state index contributed by atoms with van der Waals surface area (Å²) in [6.07, 6.45) is 0. The van der Waals surface area contributed by atoms with E-state index in [4.69, 9.17) is 37.1 Å². The van der Waals surface area contributed by atoms with Crippen molar-refractivity contribution in [3.63, 3.8) is 0 Å². The molecule has 0 radical (unpaired) electrons. The van der Waals surface area contributed by atoms with Gasteiger partial charge in [-0.05, 0) is 62.4 Å². The van der Waals surface area contributed by atoms with Gasteiger partial charge in [0.15, 0.2) is 11.6 Å². The molecule has 0 saturated heterocycles. The van der Waals surface area contributed by atoms with Crippen LogP contribution in [0.1, 0.15) is 34.5 Å². The lowest BCUT2D eigenvalue weighted by molar-refractivity contribution is 0.0992. The number of ether oxygens (including phenoxy) is 2. The van der Waals surface area contributed by atoms with Gasteiger partial charge < -0.3 is 19.2 Å². The quantitative estimate of drug-likeness (QED) is 0.289. The molecule has 0 atom stereocenters. The topological polar surface area (TPSA) is 78.5 Å². The molecule has 1 N–H and O–H groups in total. The zero-order valence-corrected chi connectivity index (χ0v) is 20.2. The highest BCUT2D eigenvalue weighted by molar-refractivity contribution is 6.35. The molecular weight excluding hydrogens is 477 g/mol. The van der Waals surface area contributed by atoms with Crippen molar-refractivity contribution < 1.29 is 18.7 Å². The number of nitrogens with one attached hydrogen (secondary N) is 1. The summed E-state index contributed by atoms with van der Waals surface area (Å²) in [5.74, 6) is 2.12. The van der Waals surface area contributed by atoms with Gasteiger partial charge in [0.25, 0.3) is 5.91 Å². The van der Waals surface area contributed by atoms with Gasteiger partial charge in [0.1, 0.15) is 23.9 Å². The minimum absolute atomic E-state index is 0.159. The number of hydrogen-bond donors (Lipinski definition) is 1. The first-order chi connectivity index (χ1) is 16.4. The number of carbonyl (C=O) groups excluding carboxylic acids is 1. The van der Waals surface area contributed by atoms with Crippen LogP contribution in [0.5, 0.6) is 11.5 Å². The predicted molar refractivity (Wildman–Crippen MR) is 131 cm³/mol. The number of aryl methyl sites for hydroxylation is 1. The van der Waals surface area contributed by atoms with Gasteiger partial charge in [-0.2, -0.15) is 5.10 Å². The fourth-order valence-corrected chi connectivity index (χ4v) is 3.79. The van der Waals surface area contributed by atoms with Crippen LogP contribution in [0.15, 0.2) is 65.1 Å². The van der Waals surface area contributed by atoms with E-state index in [2.05, 4.69) is 10.4 Å². The zero-order valence-electron chi connectivity index (χ0n) is 18.7. The summed E-state index contributed by atoms with van der Waals surface area (Å²) in [6.45, 7) is 4.99. The summed E-state index contributed by atoms with van der Waals surface area (Å²) < 4.78 is 18.5. The largest absolute Gasteiger partial charge is 0.494 e. The summed E-state index contributed by atoms with van der Waals surface area (Å²) in [6, 6.07) is 17.7. The maximum atomic E-state index is 12.6. The summed E-state index contributed by atoms with van der Waals surface area (Å²) in [5.41, 5.74) is 1.60. The molecule has 0 fully saturated rings. The van der Waals surface area contributed by atoms with Gasteiger partial charge in [-0.3, -0.25) is 9.48 Å². The van der Waals surface area contributed by atoms with Gasteiger partial charge in [0.05, 0.1) is 13.2 Å². The molecule has 4 aromatic rings. The van der Waals surface area contributed by atoms with E-state index in [-0.39, 0.29) is 12.4 Å². The van der Waals surface area contributed by atoms with Gasteiger partial charge >= 0.3 is 0 Å². The van der Waals surface area contributed by atoms with E-state index in [1.54, 1.807) is 41.1 Å². The number of halogens is 2. The first-order valence-electron chi connectivity index (χ1n) is 10.7. The Balaban J connectivity index is 1.36. The molecule has 2 heterocycles. The van der Waals surface area contributed by atoms with Crippen LogP contribution < -0.4 is 14.8 Å². The minimum atomic E-state index is -0.409. The Bertz CT molecular complexity index is 1260. The van der Waals surface area contributed by atoms with E-state index in [0.717, 1.165) is 17.0 Å². The summed E-state index contributed by atoms with van der Waals surface area (Å²) in [5, 5.41) is 8.32. The summed E-state index contributed by atoms with van der Waals surface area (Å²) in [4.78, 5) is 12.6. The number of benzene rings is 2. The molecule has 2 aromatic heterocycles. The lowest BCUT2D eigenvalue weighted by Crippen LogP contribution is -2.12. The van der Waals surface area contributed by atoms with Crippen LogP contribution in [0.25, 0.3) is 0 Å². The number of carbonyl (C=O) groups is 1. The van der Waals surface area contributed by atoms with Crippen LogP contribution in [-0.2, 0) is 13.2 Å². The number of hydrogen-bond acceptors (Lipinski definition) is 5. The smallest absolute Gasteiger partial charge is 0.292 e. The minimum Gasteiger partial charge on any atom is -0.494 e. The zero-order chi connectivity index (χ0) is 24.1. The van der Waals surface area contributed by atoms with Crippen molar-refractivity contribution in [2.45, 2.75) is 27.0 Å². The number of furan rings is 1. The molecule has 2 aromatic carbocycles. The van der Waals surface area contributed by atoms with E-state index in [9.17, 15) is 4.79 Å². The molecular formula is C25H23Cl2N3O4. The maximum Gasteiger partial charge on any atom is 0.292 e. The molecule has 0 spiro atoms. The van der Waals surface area contributed by atoms with Gasteiger partial charge in [0.2, 0.25) is 0 Å². The van der Waals surface area contributed by atoms with Crippen LogP contribution in [-0.4, -0.2) is 22.3 Å². The van der Waals surface area contributed by atoms with Crippen LogP contribution in [0.2, 0.25) is 10.0 Å². The fourth-order valence-electron chi connectivity index (χ4n) is 3.27. The van der Waals surface area contributed by atoms with Gasteiger partial charge in [-0.25, -0.2) is 0 Å². The van der Waals surface area contributed by atoms with E-state index in [1.807, 2.05) is 38.1 Å². The first kappa shape index (κ1) is 23.7. The second kappa shape index (κ2) is 10.7. The Hall–Kier alpha value is -3.42. The van der Waals surface area contributed by atoms with Crippen molar-refractivity contribution >= 4 is 34.9 Å². The van der Waals surface area contributed by atoms with E-state index >= 15 is 0 Å². The Labute approximate surface area is 207 Å². The lowest BCUT2D eigenvalue weighted by atomic mass is 10.2. The maximum absolute atomic E-state index is 12.6. The monoisotopic (exact) mass is 499 g/mol. The molecule has 34 heavy (non-hydrogen) atoms. The molecule has 9 heteroatoms. The fraction of sp³-hybridized carbons (Fsp3) is 0.200. The van der Waals surface area contributed by atoms with Crippen LogP contribution in [0.4, 0.5) is 5.82 Å². The first-order valence-corrected chi connectivity index (χ1v) is 11.4. The standard InChI is InChI=1S/C25H23Cl2N3O4/c1-3-32-17-7-9-18(10-8-17)33-15-19-11-12-23(34-19)25(31)28-24-13-16(2)30(29-24)14-20-21(26)5-4-6-22(20)27/h4-13H,3,14-15H2,1-2H3,(H,28,29,31). The molecule has 0 aliphatic carbocycles. The van der Waals surface area contributed by atoms with Crippen molar-refractivity contribution in [3.8, 4) is 11.5 Å². The third-order valence-electron chi connectivity index (χ3n) is 4.99. The van der Waals surface area contributed by atoms with Gasteiger partial charge in [-0.15, -0.1) is 0 Å². The van der Waals surface area contributed by atoms with E-state index < -0.39 is 5.91 Å². The molecule has 0 unspecified atom stereocenters. The molecule has 0 aliphatic rings. The third kappa shape index (κ3) is 5.73. The molecule has 7 nitrogen and oxygen atoms in total. The molecule has 4 rings (SSSR count). The highest BCUT2D eigenvalue weighted by atomic mass is 35.5. The second-order valence-electron chi connectivity index (χ2n) is 7.44. The molecule has 176 valence electrons. The van der Waals surface area contributed by atoms with Crippen molar-refractivity contribution in [2.24, 2.45) is 0 Å². The normalized spacial score (nSPS) is 10.8. The van der Waals surface area contributed by atoms with Gasteiger partial charge in [0, 0.05) is 27.4 Å². The highest BCUT2D eigenvalue weighted by Crippen LogP contribution is 2.26. The molecule has 0 saturated carbocycles. The summed E-state index contributed by atoms with van der Waals surface area (Å²) in [7, 11) is 0.